The third-order valence-corrected chi connectivity index (χ3v) is 2.67. The molecule has 20 heavy (non-hydrogen) atoms. The van der Waals surface area contributed by atoms with Gasteiger partial charge in [-0.15, -0.1) is 0 Å². The first kappa shape index (κ1) is 16.5. The molecule has 0 heterocycles. The average molecular weight is 280 g/mol. The van der Waals surface area contributed by atoms with Crippen molar-refractivity contribution in [2.24, 2.45) is 5.73 Å². The Morgan fingerprint density at radius 1 is 1.25 bits per heavy atom. The monoisotopic (exact) mass is 280 g/mol. The Morgan fingerprint density at radius 2 is 2.00 bits per heavy atom. The molecule has 5 nitrogen and oxygen atoms in total. The molecule has 5 heteroatoms. The summed E-state index contributed by atoms with van der Waals surface area (Å²) >= 11 is 0. The van der Waals surface area contributed by atoms with Crippen molar-refractivity contribution in [1.29, 1.82) is 0 Å². The number of nitrogens with one attached hydrogen (secondary N) is 1. The lowest BCUT2D eigenvalue weighted by Crippen LogP contribution is -2.30. The van der Waals surface area contributed by atoms with Crippen molar-refractivity contribution in [2.45, 2.75) is 26.3 Å². The van der Waals surface area contributed by atoms with Crippen LogP contribution in [0, 0.1) is 0 Å². The molecule has 1 aromatic rings. The molecule has 0 bridgehead atoms. The summed E-state index contributed by atoms with van der Waals surface area (Å²) in [6.45, 7) is 4.65. The van der Waals surface area contributed by atoms with Crippen LogP contribution in [0.25, 0.3) is 0 Å². The van der Waals surface area contributed by atoms with Crippen molar-refractivity contribution in [3.8, 4) is 5.75 Å². The fourth-order valence-corrected chi connectivity index (χ4v) is 1.57. The predicted octanol–water partition coefficient (Wildman–Crippen LogP) is 1.46. The van der Waals surface area contributed by atoms with Crippen LogP contribution < -0.4 is 15.8 Å². The molecule has 1 aromatic carbocycles. The molecule has 0 aliphatic heterocycles. The highest BCUT2D eigenvalue weighted by Crippen LogP contribution is 2.11. The molecule has 1 rings (SSSR count). The van der Waals surface area contributed by atoms with Crippen LogP contribution in [0.15, 0.2) is 24.3 Å². The third-order valence-electron chi connectivity index (χ3n) is 2.67. The van der Waals surface area contributed by atoms with Gasteiger partial charge in [0.2, 0.25) is 0 Å². The summed E-state index contributed by atoms with van der Waals surface area (Å²) in [5, 5.41) is 2.79. The highest BCUT2D eigenvalue weighted by atomic mass is 16.5. The molecule has 0 saturated carbocycles. The molecule has 0 fully saturated rings. The Balaban J connectivity index is 2.10. The van der Waals surface area contributed by atoms with Crippen LogP contribution in [0.4, 0.5) is 0 Å². The molecule has 0 aliphatic rings. The van der Waals surface area contributed by atoms with Gasteiger partial charge in [-0.25, -0.2) is 0 Å². The minimum absolute atomic E-state index is 0.0256. The smallest absolute Gasteiger partial charge is 0.257 e. The maximum Gasteiger partial charge on any atom is 0.257 e. The summed E-state index contributed by atoms with van der Waals surface area (Å²) in [5.41, 5.74) is 6.54. The zero-order valence-corrected chi connectivity index (χ0v) is 12.1. The molecule has 112 valence electrons. The number of ether oxygens (including phenoxy) is 2. The summed E-state index contributed by atoms with van der Waals surface area (Å²) in [6.07, 6.45) is 1.83. The maximum absolute atomic E-state index is 11.5. The van der Waals surface area contributed by atoms with Crippen LogP contribution in [0.5, 0.6) is 5.75 Å². The molecule has 1 amide bonds. The summed E-state index contributed by atoms with van der Waals surface area (Å²) in [6, 6.07) is 7.40. The maximum atomic E-state index is 11.5. The van der Waals surface area contributed by atoms with Gasteiger partial charge in [-0.05, 0) is 30.5 Å². The van der Waals surface area contributed by atoms with Crippen molar-refractivity contribution in [3.05, 3.63) is 29.8 Å². The number of carbonyl (C=O) groups is 1. The Kier molecular flexibility index (Phi) is 8.42. The number of benzene rings is 1. The molecular formula is C15H24N2O3. The summed E-state index contributed by atoms with van der Waals surface area (Å²) in [5.74, 6) is 0.548. The number of carbonyl (C=O) groups excluding carboxylic acids is 1. The van der Waals surface area contributed by atoms with Gasteiger partial charge in [0.25, 0.3) is 5.91 Å². The Labute approximate surface area is 120 Å². The van der Waals surface area contributed by atoms with Crippen LogP contribution in [0.1, 0.15) is 25.3 Å². The third kappa shape index (κ3) is 7.11. The second-order valence-corrected chi connectivity index (χ2v) is 4.45. The van der Waals surface area contributed by atoms with Gasteiger partial charge in [-0.3, -0.25) is 4.79 Å². The number of hydrogen-bond acceptors (Lipinski definition) is 4. The van der Waals surface area contributed by atoms with Crippen molar-refractivity contribution < 1.29 is 14.3 Å². The zero-order chi connectivity index (χ0) is 14.6. The minimum atomic E-state index is -0.122. The normalized spacial score (nSPS) is 10.3. The highest BCUT2D eigenvalue weighted by molar-refractivity contribution is 5.77. The molecule has 0 unspecified atom stereocenters. The van der Waals surface area contributed by atoms with Crippen LogP contribution in [-0.2, 0) is 16.1 Å². The Hall–Kier alpha value is -1.59. The van der Waals surface area contributed by atoms with Gasteiger partial charge >= 0.3 is 0 Å². The first-order valence-electron chi connectivity index (χ1n) is 7.02. The van der Waals surface area contributed by atoms with Crippen molar-refractivity contribution >= 4 is 5.91 Å². The van der Waals surface area contributed by atoms with Crippen molar-refractivity contribution in [1.82, 2.24) is 5.32 Å². The summed E-state index contributed by atoms with van der Waals surface area (Å²) in [7, 11) is 0. The van der Waals surface area contributed by atoms with E-state index in [9.17, 15) is 4.79 Å². The number of hydrogen-bond donors (Lipinski definition) is 2. The lowest BCUT2D eigenvalue weighted by molar-refractivity contribution is -0.123. The lowest BCUT2D eigenvalue weighted by Gasteiger charge is -2.08. The lowest BCUT2D eigenvalue weighted by atomic mass is 10.2. The largest absolute Gasteiger partial charge is 0.484 e. The molecule has 3 N–H and O–H groups in total. The summed E-state index contributed by atoms with van der Waals surface area (Å²) in [4.78, 5) is 11.5. The van der Waals surface area contributed by atoms with E-state index in [0.29, 0.717) is 25.4 Å². The van der Waals surface area contributed by atoms with E-state index in [1.165, 1.54) is 0 Å². The van der Waals surface area contributed by atoms with E-state index in [1.54, 1.807) is 0 Å². The van der Waals surface area contributed by atoms with Crippen LogP contribution in [0.2, 0.25) is 0 Å². The fraction of sp³-hybridized carbons (Fsp3) is 0.533. The van der Waals surface area contributed by atoms with Gasteiger partial charge in [-0.1, -0.05) is 19.1 Å². The van der Waals surface area contributed by atoms with E-state index in [2.05, 4.69) is 12.2 Å². The first-order chi connectivity index (χ1) is 9.76. The fourth-order valence-electron chi connectivity index (χ4n) is 1.57. The number of nitrogens with two attached hydrogens (primary N) is 1. The zero-order valence-electron chi connectivity index (χ0n) is 12.1. The molecule has 0 radical (unpaired) electrons. The molecule has 0 atom stereocenters. The van der Waals surface area contributed by atoms with Gasteiger partial charge in [0.15, 0.2) is 6.61 Å². The van der Waals surface area contributed by atoms with Crippen molar-refractivity contribution in [2.75, 3.05) is 26.4 Å². The second-order valence-electron chi connectivity index (χ2n) is 4.45. The van der Waals surface area contributed by atoms with Gasteiger partial charge in [-0.2, -0.15) is 0 Å². The van der Waals surface area contributed by atoms with Gasteiger partial charge in [0.1, 0.15) is 5.75 Å². The molecule has 0 saturated heterocycles. The summed E-state index contributed by atoms with van der Waals surface area (Å²) < 4.78 is 10.7. The minimum Gasteiger partial charge on any atom is -0.484 e. The molecular weight excluding hydrogens is 256 g/mol. The molecule has 0 spiro atoms. The van der Waals surface area contributed by atoms with Gasteiger partial charge < -0.3 is 20.5 Å². The van der Waals surface area contributed by atoms with Gasteiger partial charge in [0.05, 0.1) is 0 Å². The van der Waals surface area contributed by atoms with E-state index >= 15 is 0 Å². The van der Waals surface area contributed by atoms with E-state index in [4.69, 9.17) is 15.2 Å². The molecule has 0 aliphatic carbocycles. The first-order valence-corrected chi connectivity index (χ1v) is 7.02. The average Bonchev–Trinajstić information content (AvgIpc) is 2.49. The topological polar surface area (TPSA) is 73.6 Å². The van der Waals surface area contributed by atoms with Crippen LogP contribution in [0.3, 0.4) is 0 Å². The SMILES string of the molecule is CCCOCCCNC(=O)COc1ccc(CN)cc1. The predicted molar refractivity (Wildman–Crippen MR) is 78.6 cm³/mol. The van der Waals surface area contributed by atoms with Gasteiger partial charge in [0, 0.05) is 26.3 Å². The van der Waals surface area contributed by atoms with E-state index < -0.39 is 0 Å². The van der Waals surface area contributed by atoms with E-state index in [1.807, 2.05) is 24.3 Å². The van der Waals surface area contributed by atoms with Crippen molar-refractivity contribution in [3.63, 3.8) is 0 Å². The van der Waals surface area contributed by atoms with Crippen LogP contribution >= 0.6 is 0 Å². The Bertz CT molecular complexity index is 379. The highest BCUT2D eigenvalue weighted by Gasteiger charge is 2.02. The van der Waals surface area contributed by atoms with E-state index in [-0.39, 0.29) is 12.5 Å². The van der Waals surface area contributed by atoms with E-state index in [0.717, 1.165) is 25.0 Å². The number of rotatable bonds is 10. The standard InChI is InChI=1S/C15H24N2O3/c1-2-9-19-10-3-8-17-15(18)12-20-14-6-4-13(11-16)5-7-14/h4-7H,2-3,8-12,16H2,1H3,(H,17,18). The number of amides is 1. The second kappa shape index (κ2) is 10.2. The quantitative estimate of drug-likeness (QED) is 0.636. The molecule has 0 aromatic heterocycles. The Morgan fingerprint density at radius 3 is 2.65 bits per heavy atom. The van der Waals surface area contributed by atoms with Crippen LogP contribution in [-0.4, -0.2) is 32.3 Å².